The lowest BCUT2D eigenvalue weighted by molar-refractivity contribution is -0.143. The molecule has 0 saturated carbocycles. The smallest absolute Gasteiger partial charge is 0.326 e. The van der Waals surface area contributed by atoms with Gasteiger partial charge in [0.25, 0.3) is 11.8 Å². The monoisotopic (exact) mass is 304 g/mol. The first-order valence-electron chi connectivity index (χ1n) is 7.17. The van der Waals surface area contributed by atoms with Crippen molar-refractivity contribution in [2.45, 2.75) is 25.3 Å². The molecule has 0 bridgehead atoms. The van der Waals surface area contributed by atoms with Gasteiger partial charge in [-0.3, -0.25) is 9.59 Å². The molecule has 1 fully saturated rings. The maximum absolute atomic E-state index is 12.6. The molecule has 1 aromatic rings. The number of carboxylic acids is 1. The van der Waals surface area contributed by atoms with E-state index < -0.39 is 12.0 Å². The number of nitrogens with one attached hydrogen (secondary N) is 1. The number of anilines is 1. The maximum Gasteiger partial charge on any atom is 0.326 e. The Balaban J connectivity index is 1.86. The van der Waals surface area contributed by atoms with Crippen molar-refractivity contribution in [2.24, 2.45) is 0 Å². The molecule has 0 spiro atoms. The Hall–Kier alpha value is -2.57. The lowest BCUT2D eigenvalue weighted by atomic mass is 10.0. The van der Waals surface area contributed by atoms with Gasteiger partial charge >= 0.3 is 5.97 Å². The summed E-state index contributed by atoms with van der Waals surface area (Å²) in [4.78, 5) is 36.6. The van der Waals surface area contributed by atoms with E-state index in [-0.39, 0.29) is 18.4 Å². The van der Waals surface area contributed by atoms with Crippen molar-refractivity contribution in [3.63, 3.8) is 0 Å². The number of fused-ring (bicyclic) bond motifs is 1. The molecule has 3 rings (SSSR count). The number of rotatable bonds is 2. The third-order valence-corrected chi connectivity index (χ3v) is 3.91. The molecule has 116 valence electrons. The molecule has 2 N–H and O–H groups in total. The van der Waals surface area contributed by atoms with Gasteiger partial charge in [0.1, 0.15) is 11.8 Å². The summed E-state index contributed by atoms with van der Waals surface area (Å²) >= 11 is 0. The van der Waals surface area contributed by atoms with Crippen LogP contribution in [0.3, 0.4) is 0 Å². The van der Waals surface area contributed by atoms with E-state index in [1.165, 1.54) is 11.0 Å². The van der Waals surface area contributed by atoms with Crippen molar-refractivity contribution in [2.75, 3.05) is 18.5 Å². The van der Waals surface area contributed by atoms with E-state index in [0.717, 1.165) is 12.8 Å². The molecule has 0 aromatic heterocycles. The zero-order valence-corrected chi connectivity index (χ0v) is 11.9. The van der Waals surface area contributed by atoms with Crippen LogP contribution in [0.4, 0.5) is 5.69 Å². The second kappa shape index (κ2) is 5.67. The molecule has 7 heteroatoms. The van der Waals surface area contributed by atoms with E-state index in [2.05, 4.69) is 5.32 Å². The number of amides is 2. The number of aliphatic carboxylic acids is 1. The lowest BCUT2D eigenvalue weighted by Crippen LogP contribution is -2.48. The molecule has 1 saturated heterocycles. The first kappa shape index (κ1) is 14.4. The highest BCUT2D eigenvalue weighted by atomic mass is 16.5. The minimum atomic E-state index is -0.984. The SMILES string of the molecule is O=C1COc2ccc(C(=O)N3CCCC[C@@H]3C(=O)O)cc2N1. The fourth-order valence-corrected chi connectivity index (χ4v) is 2.81. The van der Waals surface area contributed by atoms with Gasteiger partial charge in [-0.05, 0) is 37.5 Å². The maximum atomic E-state index is 12.6. The summed E-state index contributed by atoms with van der Waals surface area (Å²) in [5.74, 6) is -1.10. The van der Waals surface area contributed by atoms with Crippen molar-refractivity contribution in [3.8, 4) is 5.75 Å². The molecular formula is C15H16N2O5. The normalized spacial score (nSPS) is 20.6. The van der Waals surface area contributed by atoms with Crippen molar-refractivity contribution in [1.82, 2.24) is 4.90 Å². The van der Waals surface area contributed by atoms with Gasteiger partial charge < -0.3 is 20.1 Å². The van der Waals surface area contributed by atoms with Crippen molar-refractivity contribution in [3.05, 3.63) is 23.8 Å². The van der Waals surface area contributed by atoms with E-state index in [9.17, 15) is 19.5 Å². The van der Waals surface area contributed by atoms with Gasteiger partial charge in [0.15, 0.2) is 6.61 Å². The zero-order chi connectivity index (χ0) is 15.7. The highest BCUT2D eigenvalue weighted by molar-refractivity contribution is 6.01. The molecule has 0 aliphatic carbocycles. The summed E-state index contributed by atoms with van der Waals surface area (Å²) in [5, 5.41) is 11.9. The number of hydrogen-bond donors (Lipinski definition) is 2. The van der Waals surface area contributed by atoms with Crippen LogP contribution in [0.1, 0.15) is 29.6 Å². The lowest BCUT2D eigenvalue weighted by Gasteiger charge is -2.33. The summed E-state index contributed by atoms with van der Waals surface area (Å²) < 4.78 is 5.24. The first-order chi connectivity index (χ1) is 10.6. The molecule has 22 heavy (non-hydrogen) atoms. The second-order valence-electron chi connectivity index (χ2n) is 5.40. The van der Waals surface area contributed by atoms with Crippen LogP contribution in [0.2, 0.25) is 0 Å². The Morgan fingerprint density at radius 1 is 1.32 bits per heavy atom. The summed E-state index contributed by atoms with van der Waals surface area (Å²) in [6.07, 6.45) is 2.06. The highest BCUT2D eigenvalue weighted by Crippen LogP contribution is 2.29. The molecule has 2 amide bonds. The van der Waals surface area contributed by atoms with Crippen LogP contribution in [0.15, 0.2) is 18.2 Å². The van der Waals surface area contributed by atoms with E-state index in [1.807, 2.05) is 0 Å². The number of likely N-dealkylation sites (tertiary alicyclic amines) is 1. The van der Waals surface area contributed by atoms with Gasteiger partial charge in [0.05, 0.1) is 5.69 Å². The Bertz CT molecular complexity index is 643. The van der Waals surface area contributed by atoms with Crippen molar-refractivity contribution < 1.29 is 24.2 Å². The standard InChI is InChI=1S/C15H16N2O5/c18-13-8-22-12-5-4-9(7-10(12)16-13)14(19)17-6-2-1-3-11(17)15(20)21/h4-5,7,11H,1-3,6,8H2,(H,16,18)(H,20,21)/t11-/m1/s1. The Kier molecular flexibility index (Phi) is 3.70. The number of carbonyl (C=O) groups excluding carboxylic acids is 2. The molecular weight excluding hydrogens is 288 g/mol. The number of ether oxygens (including phenoxy) is 1. The van der Waals surface area contributed by atoms with Gasteiger partial charge in [-0.15, -0.1) is 0 Å². The highest BCUT2D eigenvalue weighted by Gasteiger charge is 2.32. The quantitative estimate of drug-likeness (QED) is 0.853. The average molecular weight is 304 g/mol. The first-order valence-corrected chi connectivity index (χ1v) is 7.17. The molecule has 0 unspecified atom stereocenters. The molecule has 2 aliphatic heterocycles. The largest absolute Gasteiger partial charge is 0.482 e. The topological polar surface area (TPSA) is 95.9 Å². The predicted octanol–water partition coefficient (Wildman–Crippen LogP) is 1.10. The third-order valence-electron chi connectivity index (χ3n) is 3.91. The number of benzene rings is 1. The predicted molar refractivity (Wildman–Crippen MR) is 76.9 cm³/mol. The zero-order valence-electron chi connectivity index (χ0n) is 11.9. The van der Waals surface area contributed by atoms with Crippen LogP contribution in [0.25, 0.3) is 0 Å². The summed E-state index contributed by atoms with van der Waals surface area (Å²) in [7, 11) is 0. The number of piperidine rings is 1. The van der Waals surface area contributed by atoms with Gasteiger partial charge in [-0.25, -0.2) is 4.79 Å². The molecule has 0 radical (unpaired) electrons. The molecule has 7 nitrogen and oxygen atoms in total. The summed E-state index contributed by atoms with van der Waals surface area (Å²) in [6.45, 7) is 0.378. The minimum Gasteiger partial charge on any atom is -0.482 e. The average Bonchev–Trinajstić information content (AvgIpc) is 2.53. The van der Waals surface area contributed by atoms with E-state index in [1.54, 1.807) is 12.1 Å². The number of carbonyl (C=O) groups is 3. The van der Waals surface area contributed by atoms with Crippen LogP contribution in [0, 0.1) is 0 Å². The number of nitrogens with zero attached hydrogens (tertiary/aromatic N) is 1. The minimum absolute atomic E-state index is 0.0481. The van der Waals surface area contributed by atoms with E-state index >= 15 is 0 Å². The fraction of sp³-hybridized carbons (Fsp3) is 0.400. The Morgan fingerprint density at radius 3 is 2.91 bits per heavy atom. The van der Waals surface area contributed by atoms with Crippen LogP contribution < -0.4 is 10.1 Å². The van der Waals surface area contributed by atoms with Gasteiger partial charge in [0, 0.05) is 12.1 Å². The molecule has 2 heterocycles. The van der Waals surface area contributed by atoms with Crippen LogP contribution in [-0.4, -0.2) is 47.0 Å². The molecule has 1 atom stereocenters. The number of carboxylic acid groups (broad SMARTS) is 1. The Labute approximate surface area is 126 Å². The number of hydrogen-bond acceptors (Lipinski definition) is 4. The van der Waals surface area contributed by atoms with Gasteiger partial charge in [-0.1, -0.05) is 0 Å². The second-order valence-corrected chi connectivity index (χ2v) is 5.40. The van der Waals surface area contributed by atoms with Crippen LogP contribution in [-0.2, 0) is 9.59 Å². The summed E-state index contributed by atoms with van der Waals surface area (Å²) in [5.41, 5.74) is 0.781. The van der Waals surface area contributed by atoms with E-state index in [0.29, 0.717) is 30.0 Å². The van der Waals surface area contributed by atoms with Gasteiger partial charge in [-0.2, -0.15) is 0 Å². The van der Waals surface area contributed by atoms with Crippen molar-refractivity contribution >= 4 is 23.5 Å². The Morgan fingerprint density at radius 2 is 2.14 bits per heavy atom. The van der Waals surface area contributed by atoms with Crippen molar-refractivity contribution in [1.29, 1.82) is 0 Å². The third kappa shape index (κ3) is 2.61. The van der Waals surface area contributed by atoms with Crippen LogP contribution in [0.5, 0.6) is 5.75 Å². The van der Waals surface area contributed by atoms with E-state index in [4.69, 9.17) is 4.74 Å². The summed E-state index contributed by atoms with van der Waals surface area (Å²) in [6, 6.07) is 3.94. The molecule has 1 aromatic carbocycles. The van der Waals surface area contributed by atoms with Crippen LogP contribution >= 0.6 is 0 Å². The fourth-order valence-electron chi connectivity index (χ4n) is 2.81. The van der Waals surface area contributed by atoms with Gasteiger partial charge in [0.2, 0.25) is 0 Å². The molecule has 2 aliphatic rings.